The Bertz CT molecular complexity index is 769. The molecule has 1 unspecified atom stereocenters. The largest absolute Gasteiger partial charge is 0.504 e. The topological polar surface area (TPSA) is 32.7 Å². The van der Waals surface area contributed by atoms with Gasteiger partial charge in [0.05, 0.1) is 5.41 Å². The van der Waals surface area contributed by atoms with E-state index in [1.807, 2.05) is 12.1 Å². The Morgan fingerprint density at radius 3 is 3.23 bits per heavy atom. The van der Waals surface area contributed by atoms with Crippen LogP contribution in [0.25, 0.3) is 0 Å². The van der Waals surface area contributed by atoms with Gasteiger partial charge in [-0.3, -0.25) is 4.90 Å². The summed E-state index contributed by atoms with van der Waals surface area (Å²) in [4.78, 5) is 2.60. The Kier molecular flexibility index (Phi) is 1.76. The van der Waals surface area contributed by atoms with E-state index in [4.69, 9.17) is 4.74 Å². The Morgan fingerprint density at radius 1 is 1.45 bits per heavy atom. The number of hydrogen-bond acceptors (Lipinski definition) is 3. The van der Waals surface area contributed by atoms with Gasteiger partial charge in [-0.05, 0) is 18.1 Å². The molecule has 2 heterocycles. The van der Waals surface area contributed by atoms with E-state index < -0.39 is 0 Å². The number of benzene rings is 1. The third-order valence-corrected chi connectivity index (χ3v) is 7.01. The lowest BCUT2D eigenvalue weighted by atomic mass is 9.72. The summed E-state index contributed by atoms with van der Waals surface area (Å²) in [5, 5.41) is 10.3. The van der Waals surface area contributed by atoms with Gasteiger partial charge < -0.3 is 9.84 Å². The third-order valence-electron chi connectivity index (χ3n) is 7.01. The molecule has 5 atom stereocenters. The number of phenolic OH excluding ortho intramolecular Hbond substituents is 1. The number of likely N-dealkylation sites (tertiary alicyclic amines) is 1. The maximum Gasteiger partial charge on any atom is 0.165 e. The second-order valence-corrected chi connectivity index (χ2v) is 7.57. The van der Waals surface area contributed by atoms with Gasteiger partial charge in [0.2, 0.25) is 0 Å². The van der Waals surface area contributed by atoms with Gasteiger partial charge in [0.1, 0.15) is 6.10 Å². The van der Waals surface area contributed by atoms with Gasteiger partial charge in [-0.2, -0.15) is 0 Å². The molecular formula is C19H19NO2. The fraction of sp³-hybridized carbons (Fsp3) is 0.474. The Labute approximate surface area is 129 Å². The molecule has 0 bridgehead atoms. The lowest BCUT2D eigenvalue weighted by Gasteiger charge is -2.39. The molecule has 6 rings (SSSR count). The first kappa shape index (κ1) is 11.8. The van der Waals surface area contributed by atoms with Crippen LogP contribution in [0, 0.1) is 11.3 Å². The second-order valence-electron chi connectivity index (χ2n) is 7.57. The summed E-state index contributed by atoms with van der Waals surface area (Å²) >= 11 is 0. The summed E-state index contributed by atoms with van der Waals surface area (Å²) in [7, 11) is 0. The molecule has 2 aliphatic heterocycles. The highest BCUT2D eigenvalue weighted by molar-refractivity contribution is 5.69. The molecule has 1 N–H and O–H groups in total. The van der Waals surface area contributed by atoms with Crippen molar-refractivity contribution in [1.82, 2.24) is 4.90 Å². The molecule has 1 saturated heterocycles. The van der Waals surface area contributed by atoms with Gasteiger partial charge in [0, 0.05) is 42.4 Å². The van der Waals surface area contributed by atoms with Crippen LogP contribution in [0.2, 0.25) is 0 Å². The minimum atomic E-state index is 0.145. The minimum Gasteiger partial charge on any atom is -0.504 e. The molecule has 5 aliphatic rings. The fourth-order valence-corrected chi connectivity index (χ4v) is 6.56. The highest BCUT2D eigenvalue weighted by Crippen LogP contribution is 2.84. The number of phenols is 1. The predicted molar refractivity (Wildman–Crippen MR) is 83.1 cm³/mol. The average molecular weight is 293 g/mol. The van der Waals surface area contributed by atoms with Crippen LogP contribution in [0.15, 0.2) is 36.9 Å². The minimum absolute atomic E-state index is 0.145. The summed E-state index contributed by atoms with van der Waals surface area (Å²) < 4.78 is 6.28. The number of hydrogen-bond donors (Lipinski definition) is 1. The molecule has 3 nitrogen and oxygen atoms in total. The fourth-order valence-electron chi connectivity index (χ4n) is 6.56. The number of rotatable bonds is 2. The second kappa shape index (κ2) is 3.28. The van der Waals surface area contributed by atoms with Gasteiger partial charge in [-0.25, -0.2) is 0 Å². The molecule has 1 aromatic carbocycles. The van der Waals surface area contributed by atoms with Crippen LogP contribution in [0.5, 0.6) is 11.5 Å². The molecule has 0 amide bonds. The van der Waals surface area contributed by atoms with Crippen molar-refractivity contribution in [1.29, 1.82) is 0 Å². The van der Waals surface area contributed by atoms with E-state index in [1.165, 1.54) is 11.1 Å². The van der Waals surface area contributed by atoms with Crippen molar-refractivity contribution in [2.45, 2.75) is 30.4 Å². The Morgan fingerprint density at radius 2 is 2.36 bits per heavy atom. The summed E-state index contributed by atoms with van der Waals surface area (Å²) in [5.74, 6) is 1.76. The standard InChI is InChI=1S/C19H19NO2/c1-2-8-20-10-18-7-3-4-14-19(18)15-11(9-12(20)17(18)19)5-6-13(21)16(15)22-14/h2-3,5-7,12,14,17,21H,1,4,8-10H2/t12-,14+,17-,18?,19+/m1/s1. The van der Waals surface area contributed by atoms with Crippen molar-refractivity contribution in [3.05, 3.63) is 48.1 Å². The summed E-state index contributed by atoms with van der Waals surface area (Å²) in [5.41, 5.74) is 3.11. The van der Waals surface area contributed by atoms with E-state index in [0.717, 1.165) is 31.7 Å². The van der Waals surface area contributed by atoms with E-state index in [9.17, 15) is 5.11 Å². The van der Waals surface area contributed by atoms with Gasteiger partial charge in [-0.1, -0.05) is 24.3 Å². The molecular weight excluding hydrogens is 274 g/mol. The Balaban J connectivity index is 1.64. The first-order valence-electron chi connectivity index (χ1n) is 8.28. The van der Waals surface area contributed by atoms with Crippen molar-refractivity contribution in [2.24, 2.45) is 11.3 Å². The molecule has 1 saturated carbocycles. The predicted octanol–water partition coefficient (Wildman–Crippen LogP) is 2.39. The van der Waals surface area contributed by atoms with Crippen LogP contribution in [0.4, 0.5) is 0 Å². The quantitative estimate of drug-likeness (QED) is 0.850. The zero-order valence-corrected chi connectivity index (χ0v) is 12.5. The smallest absolute Gasteiger partial charge is 0.165 e. The molecule has 1 aromatic rings. The molecule has 2 fully saturated rings. The maximum absolute atomic E-state index is 10.3. The van der Waals surface area contributed by atoms with Crippen LogP contribution in [0.1, 0.15) is 17.5 Å². The first-order valence-corrected chi connectivity index (χ1v) is 8.28. The Hall–Kier alpha value is -1.74. The van der Waals surface area contributed by atoms with Gasteiger partial charge in [0.15, 0.2) is 11.5 Å². The third kappa shape index (κ3) is 0.911. The van der Waals surface area contributed by atoms with Gasteiger partial charge >= 0.3 is 0 Å². The molecule has 0 radical (unpaired) electrons. The van der Waals surface area contributed by atoms with E-state index in [1.54, 1.807) is 0 Å². The zero-order valence-electron chi connectivity index (χ0n) is 12.5. The lowest BCUT2D eigenvalue weighted by Crippen LogP contribution is -2.48. The highest BCUT2D eigenvalue weighted by Gasteiger charge is 2.88. The van der Waals surface area contributed by atoms with Gasteiger partial charge in [-0.15, -0.1) is 6.58 Å². The highest BCUT2D eigenvalue weighted by atomic mass is 16.5. The molecule has 2 spiro atoms. The molecule has 0 aromatic heterocycles. The summed E-state index contributed by atoms with van der Waals surface area (Å²) in [6.45, 7) is 6.01. The van der Waals surface area contributed by atoms with Crippen molar-refractivity contribution in [3.63, 3.8) is 0 Å². The van der Waals surface area contributed by atoms with E-state index in [-0.39, 0.29) is 16.9 Å². The molecule has 3 heteroatoms. The molecule has 112 valence electrons. The SMILES string of the molecule is C=CCN1CC23C=CC[C@@H]4Oc5c(O)ccc6c5[C@]42[C@@H]3[C@H]1C6. The van der Waals surface area contributed by atoms with Crippen molar-refractivity contribution in [2.75, 3.05) is 13.1 Å². The van der Waals surface area contributed by atoms with E-state index in [2.05, 4.69) is 29.7 Å². The maximum atomic E-state index is 10.3. The van der Waals surface area contributed by atoms with Crippen LogP contribution in [-0.2, 0) is 11.8 Å². The number of aromatic hydroxyl groups is 1. The van der Waals surface area contributed by atoms with Crippen LogP contribution in [0.3, 0.4) is 0 Å². The van der Waals surface area contributed by atoms with Crippen molar-refractivity contribution < 1.29 is 9.84 Å². The van der Waals surface area contributed by atoms with E-state index >= 15 is 0 Å². The number of ether oxygens (including phenoxy) is 1. The number of piperidine rings is 1. The van der Waals surface area contributed by atoms with Crippen LogP contribution < -0.4 is 4.74 Å². The lowest BCUT2D eigenvalue weighted by molar-refractivity contribution is 0.118. The van der Waals surface area contributed by atoms with E-state index in [0.29, 0.717) is 17.7 Å². The van der Waals surface area contributed by atoms with Gasteiger partial charge in [0.25, 0.3) is 0 Å². The average Bonchev–Trinajstić information content (AvgIpc) is 2.79. The monoisotopic (exact) mass is 293 g/mol. The van der Waals surface area contributed by atoms with Crippen molar-refractivity contribution >= 4 is 0 Å². The van der Waals surface area contributed by atoms with Crippen molar-refractivity contribution in [3.8, 4) is 11.5 Å². The normalized spacial score (nSPS) is 45.2. The summed E-state index contributed by atoms with van der Waals surface area (Å²) in [6, 6.07) is 4.53. The first-order chi connectivity index (χ1) is 10.7. The molecule has 22 heavy (non-hydrogen) atoms. The van der Waals surface area contributed by atoms with Crippen LogP contribution >= 0.6 is 0 Å². The summed E-state index contributed by atoms with van der Waals surface area (Å²) in [6.07, 6.45) is 9.08. The zero-order chi connectivity index (χ0) is 14.7. The van der Waals surface area contributed by atoms with Crippen LogP contribution in [-0.4, -0.2) is 35.2 Å². The number of nitrogens with zero attached hydrogens (tertiary/aromatic N) is 1. The molecule has 3 aliphatic carbocycles.